The number of nitrogens with one attached hydrogen (secondary N) is 1. The van der Waals surface area contributed by atoms with Gasteiger partial charge in [-0.15, -0.1) is 11.3 Å². The summed E-state index contributed by atoms with van der Waals surface area (Å²) in [5.41, 5.74) is 1.38. The van der Waals surface area contributed by atoms with Gasteiger partial charge >= 0.3 is 0 Å². The van der Waals surface area contributed by atoms with Crippen LogP contribution in [0.5, 0.6) is 0 Å². The lowest BCUT2D eigenvalue weighted by Gasteiger charge is -2.14. The predicted octanol–water partition coefficient (Wildman–Crippen LogP) is 3.56. The lowest BCUT2D eigenvalue weighted by atomic mass is 9.98. The van der Waals surface area contributed by atoms with Gasteiger partial charge in [0.05, 0.1) is 10.7 Å². The summed E-state index contributed by atoms with van der Waals surface area (Å²) in [5, 5.41) is 4.90. The normalized spacial score (nSPS) is 18.8. The van der Waals surface area contributed by atoms with Crippen LogP contribution in [0, 0.1) is 6.92 Å². The van der Waals surface area contributed by atoms with Gasteiger partial charge in [0, 0.05) is 22.4 Å². The van der Waals surface area contributed by atoms with Crippen LogP contribution in [0.3, 0.4) is 0 Å². The van der Waals surface area contributed by atoms with Crippen molar-refractivity contribution < 1.29 is 0 Å². The van der Waals surface area contributed by atoms with Crippen LogP contribution >= 0.6 is 11.3 Å². The Morgan fingerprint density at radius 2 is 2.00 bits per heavy atom. The molecule has 1 aliphatic rings. The van der Waals surface area contributed by atoms with Gasteiger partial charge in [0.25, 0.3) is 0 Å². The molecule has 1 N–H and O–H groups in total. The Morgan fingerprint density at radius 3 is 2.44 bits per heavy atom. The summed E-state index contributed by atoms with van der Waals surface area (Å²) in [6, 6.07) is 1.22. The Kier molecular flexibility index (Phi) is 3.10. The summed E-state index contributed by atoms with van der Waals surface area (Å²) in [4.78, 5) is 6.12. The summed E-state index contributed by atoms with van der Waals surface area (Å²) < 4.78 is 0. The highest BCUT2D eigenvalue weighted by Crippen LogP contribution is 2.33. The highest BCUT2D eigenvalue weighted by atomic mass is 32.1. The molecule has 0 aliphatic heterocycles. The molecule has 1 saturated carbocycles. The zero-order valence-electron chi connectivity index (χ0n) is 10.9. The third kappa shape index (κ3) is 2.64. The average molecular weight is 238 g/mol. The van der Waals surface area contributed by atoms with E-state index < -0.39 is 0 Å². The topological polar surface area (TPSA) is 24.9 Å². The Bertz CT molecular complexity index is 372. The van der Waals surface area contributed by atoms with Crippen LogP contribution in [0.4, 0.5) is 0 Å². The van der Waals surface area contributed by atoms with E-state index in [1.165, 1.54) is 28.4 Å². The molecule has 1 aliphatic carbocycles. The number of nitrogens with zero attached hydrogens (tertiary/aromatic N) is 1. The number of thiazole rings is 1. The van der Waals surface area contributed by atoms with Gasteiger partial charge in [-0.05, 0) is 26.7 Å². The van der Waals surface area contributed by atoms with Crippen molar-refractivity contribution in [3.63, 3.8) is 0 Å². The maximum atomic E-state index is 4.71. The van der Waals surface area contributed by atoms with Crippen molar-refractivity contribution in [2.75, 3.05) is 0 Å². The van der Waals surface area contributed by atoms with Crippen molar-refractivity contribution in [1.82, 2.24) is 10.3 Å². The molecule has 2 rings (SSSR count). The van der Waals surface area contributed by atoms with E-state index in [-0.39, 0.29) is 5.41 Å². The molecule has 1 heterocycles. The van der Waals surface area contributed by atoms with Crippen LogP contribution in [0.25, 0.3) is 0 Å². The van der Waals surface area contributed by atoms with Crippen LogP contribution in [-0.4, -0.2) is 11.0 Å². The predicted molar refractivity (Wildman–Crippen MR) is 70.1 cm³/mol. The quantitative estimate of drug-likeness (QED) is 0.871. The molecule has 0 bridgehead atoms. The van der Waals surface area contributed by atoms with Gasteiger partial charge in [0.2, 0.25) is 0 Å². The van der Waals surface area contributed by atoms with Gasteiger partial charge in [-0.1, -0.05) is 20.8 Å². The zero-order chi connectivity index (χ0) is 11.9. The van der Waals surface area contributed by atoms with Crippen LogP contribution < -0.4 is 5.32 Å². The van der Waals surface area contributed by atoms with Crippen molar-refractivity contribution >= 4 is 11.3 Å². The smallest absolute Gasteiger partial charge is 0.0985 e. The van der Waals surface area contributed by atoms with Gasteiger partial charge in [0.15, 0.2) is 0 Å². The van der Waals surface area contributed by atoms with E-state index >= 15 is 0 Å². The van der Waals surface area contributed by atoms with Gasteiger partial charge < -0.3 is 5.32 Å². The fourth-order valence-electron chi connectivity index (χ4n) is 1.81. The molecule has 1 aromatic heterocycles. The molecule has 1 fully saturated rings. The Hall–Kier alpha value is -0.410. The van der Waals surface area contributed by atoms with E-state index in [1.54, 1.807) is 0 Å². The molecule has 1 aromatic rings. The maximum Gasteiger partial charge on any atom is 0.0985 e. The minimum absolute atomic E-state index is 0.174. The van der Waals surface area contributed by atoms with Gasteiger partial charge in [0.1, 0.15) is 0 Å². The fourth-order valence-corrected chi connectivity index (χ4v) is 2.95. The molecule has 2 nitrogen and oxygen atoms in total. The molecular weight excluding hydrogens is 216 g/mol. The molecule has 90 valence electrons. The van der Waals surface area contributed by atoms with Crippen molar-refractivity contribution in [2.24, 2.45) is 0 Å². The van der Waals surface area contributed by atoms with Crippen molar-refractivity contribution in [3.8, 4) is 0 Å². The molecule has 3 heteroatoms. The van der Waals surface area contributed by atoms with Crippen LogP contribution in [0.15, 0.2) is 0 Å². The van der Waals surface area contributed by atoms with Crippen molar-refractivity contribution in [3.05, 3.63) is 15.6 Å². The molecule has 0 saturated heterocycles. The highest BCUT2D eigenvalue weighted by molar-refractivity contribution is 7.12. The molecule has 1 unspecified atom stereocenters. The summed E-state index contributed by atoms with van der Waals surface area (Å²) in [5.74, 6) is 0. The highest BCUT2D eigenvalue weighted by Gasteiger charge is 2.26. The van der Waals surface area contributed by atoms with Crippen molar-refractivity contribution in [2.45, 2.75) is 65.0 Å². The van der Waals surface area contributed by atoms with Crippen LogP contribution in [0.2, 0.25) is 0 Å². The summed E-state index contributed by atoms with van der Waals surface area (Å²) in [6.45, 7) is 11.1. The average Bonchev–Trinajstić information content (AvgIpc) is 2.85. The fraction of sp³-hybridized carbons (Fsp3) is 0.769. The number of aromatic nitrogens is 1. The molecule has 1 atom stereocenters. The molecule has 0 aromatic carbocycles. The van der Waals surface area contributed by atoms with E-state index in [0.717, 1.165) is 6.04 Å². The number of aryl methyl sites for hydroxylation is 1. The van der Waals surface area contributed by atoms with Crippen molar-refractivity contribution in [1.29, 1.82) is 0 Å². The minimum atomic E-state index is 0.174. The second-order valence-corrected chi connectivity index (χ2v) is 6.91. The second-order valence-electron chi connectivity index (χ2n) is 5.88. The Morgan fingerprint density at radius 1 is 1.38 bits per heavy atom. The first-order valence-electron chi connectivity index (χ1n) is 6.12. The van der Waals surface area contributed by atoms with E-state index in [9.17, 15) is 0 Å². The third-order valence-corrected chi connectivity index (χ3v) is 4.70. The third-order valence-electron chi connectivity index (χ3n) is 2.93. The number of hydrogen-bond acceptors (Lipinski definition) is 3. The van der Waals surface area contributed by atoms with Gasteiger partial charge in [-0.3, -0.25) is 0 Å². The first-order valence-corrected chi connectivity index (χ1v) is 6.93. The maximum absolute atomic E-state index is 4.71. The lowest BCUT2D eigenvalue weighted by Crippen LogP contribution is -2.20. The largest absolute Gasteiger partial charge is 0.307 e. The lowest BCUT2D eigenvalue weighted by molar-refractivity contribution is 0.574. The number of hydrogen-bond donors (Lipinski definition) is 1. The molecule has 16 heavy (non-hydrogen) atoms. The van der Waals surface area contributed by atoms with Gasteiger partial charge in [-0.25, -0.2) is 4.98 Å². The summed E-state index contributed by atoms with van der Waals surface area (Å²) in [6.07, 6.45) is 2.68. The molecule has 0 amide bonds. The molecule has 0 spiro atoms. The monoisotopic (exact) mass is 238 g/mol. The first-order chi connectivity index (χ1) is 7.38. The van der Waals surface area contributed by atoms with E-state index in [1.807, 2.05) is 11.3 Å². The standard InChI is InChI=1S/C13H22N2S/c1-8(14-10-6-7-10)11-9(2)15-12(16-11)13(3,4)5/h8,10,14H,6-7H2,1-5H3. The Labute approximate surface area is 102 Å². The zero-order valence-corrected chi connectivity index (χ0v) is 11.7. The molecular formula is C13H22N2S. The van der Waals surface area contributed by atoms with Crippen LogP contribution in [-0.2, 0) is 5.41 Å². The summed E-state index contributed by atoms with van der Waals surface area (Å²) >= 11 is 1.87. The SMILES string of the molecule is Cc1nc(C(C)(C)C)sc1C(C)NC1CC1. The minimum Gasteiger partial charge on any atom is -0.307 e. The Balaban J connectivity index is 2.16. The summed E-state index contributed by atoms with van der Waals surface area (Å²) in [7, 11) is 0. The van der Waals surface area contributed by atoms with Crippen LogP contribution in [0.1, 0.15) is 62.2 Å². The second kappa shape index (κ2) is 4.11. The number of rotatable bonds is 3. The first kappa shape index (κ1) is 12.1. The van der Waals surface area contributed by atoms with E-state index in [0.29, 0.717) is 6.04 Å². The van der Waals surface area contributed by atoms with Gasteiger partial charge in [-0.2, -0.15) is 0 Å². The van der Waals surface area contributed by atoms with E-state index in [2.05, 4.69) is 39.9 Å². The molecule has 0 radical (unpaired) electrons. The van der Waals surface area contributed by atoms with E-state index in [4.69, 9.17) is 4.98 Å².